The summed E-state index contributed by atoms with van der Waals surface area (Å²) >= 11 is 6.07. The standard InChI is InChI=1S/C22H22ClNO6S/c1-14(2)11-17-9-10-29-22(17)31(27,28)24-19-12-18(23)7-8-20(19)30-13-15-3-5-16(6-4-15)21(25)26/h3-10,12,14,24H,11,13H2,1-2H3,(H,25,26). The van der Waals surface area contributed by atoms with Gasteiger partial charge in [-0.25, -0.2) is 4.79 Å². The van der Waals surface area contributed by atoms with Crippen LogP contribution in [0.2, 0.25) is 5.02 Å². The van der Waals surface area contributed by atoms with E-state index in [2.05, 4.69) is 4.72 Å². The van der Waals surface area contributed by atoms with Crippen molar-refractivity contribution in [2.24, 2.45) is 5.92 Å². The molecule has 0 saturated carbocycles. The van der Waals surface area contributed by atoms with Gasteiger partial charge in [0.15, 0.2) is 0 Å². The van der Waals surface area contributed by atoms with Crippen molar-refractivity contribution in [1.82, 2.24) is 0 Å². The second-order valence-electron chi connectivity index (χ2n) is 7.37. The fourth-order valence-corrected chi connectivity index (χ4v) is 4.34. The highest BCUT2D eigenvalue weighted by Gasteiger charge is 2.24. The highest BCUT2D eigenvalue weighted by atomic mass is 35.5. The number of hydrogen-bond acceptors (Lipinski definition) is 5. The molecule has 164 valence electrons. The van der Waals surface area contributed by atoms with Crippen molar-refractivity contribution in [3.8, 4) is 5.75 Å². The molecule has 0 aliphatic carbocycles. The number of halogens is 1. The van der Waals surface area contributed by atoms with Crippen LogP contribution in [0.25, 0.3) is 0 Å². The number of aromatic carboxylic acids is 1. The Morgan fingerprint density at radius 1 is 1.16 bits per heavy atom. The lowest BCUT2D eigenvalue weighted by atomic mass is 10.1. The zero-order chi connectivity index (χ0) is 22.6. The molecule has 1 aromatic heterocycles. The first kappa shape index (κ1) is 22.7. The van der Waals surface area contributed by atoms with Gasteiger partial charge < -0.3 is 14.3 Å². The van der Waals surface area contributed by atoms with E-state index >= 15 is 0 Å². The molecular weight excluding hydrogens is 442 g/mol. The number of ether oxygens (including phenoxy) is 1. The third-order valence-corrected chi connectivity index (χ3v) is 5.93. The lowest BCUT2D eigenvalue weighted by Gasteiger charge is -2.14. The molecule has 0 aliphatic rings. The molecule has 0 aliphatic heterocycles. The number of hydrogen-bond donors (Lipinski definition) is 2. The highest BCUT2D eigenvalue weighted by molar-refractivity contribution is 7.92. The molecule has 0 atom stereocenters. The number of benzene rings is 2. The maximum Gasteiger partial charge on any atom is 0.335 e. The second-order valence-corrected chi connectivity index (χ2v) is 9.39. The average molecular weight is 464 g/mol. The summed E-state index contributed by atoms with van der Waals surface area (Å²) in [7, 11) is -4.00. The van der Waals surface area contributed by atoms with Gasteiger partial charge in [-0.05, 0) is 54.3 Å². The van der Waals surface area contributed by atoms with E-state index in [4.69, 9.17) is 25.9 Å². The first-order valence-electron chi connectivity index (χ1n) is 9.49. The van der Waals surface area contributed by atoms with Crippen LogP contribution < -0.4 is 9.46 Å². The number of nitrogens with one attached hydrogen (secondary N) is 1. The van der Waals surface area contributed by atoms with Crippen molar-refractivity contribution >= 4 is 33.3 Å². The van der Waals surface area contributed by atoms with Crippen LogP contribution in [0.5, 0.6) is 5.75 Å². The number of carbonyl (C=O) groups is 1. The van der Waals surface area contributed by atoms with E-state index in [1.807, 2.05) is 13.8 Å². The van der Waals surface area contributed by atoms with E-state index in [1.165, 1.54) is 24.5 Å². The van der Waals surface area contributed by atoms with E-state index in [0.717, 1.165) is 5.56 Å². The van der Waals surface area contributed by atoms with Gasteiger partial charge in [0.2, 0.25) is 5.09 Å². The van der Waals surface area contributed by atoms with Crippen molar-refractivity contribution in [2.45, 2.75) is 32.0 Å². The Labute approximate surface area is 185 Å². The predicted molar refractivity (Wildman–Crippen MR) is 117 cm³/mol. The van der Waals surface area contributed by atoms with Crippen LogP contribution in [0.1, 0.15) is 35.3 Å². The molecule has 0 radical (unpaired) electrons. The first-order chi connectivity index (χ1) is 14.7. The van der Waals surface area contributed by atoms with Gasteiger partial charge in [0.1, 0.15) is 12.4 Å². The minimum Gasteiger partial charge on any atom is -0.487 e. The Balaban J connectivity index is 1.81. The number of furan rings is 1. The number of carboxylic acids is 1. The summed E-state index contributed by atoms with van der Waals surface area (Å²) in [6, 6.07) is 12.4. The molecule has 9 heteroatoms. The smallest absolute Gasteiger partial charge is 0.335 e. The van der Waals surface area contributed by atoms with Crippen LogP contribution in [0.3, 0.4) is 0 Å². The van der Waals surface area contributed by atoms with Gasteiger partial charge in [-0.2, -0.15) is 8.42 Å². The molecule has 7 nitrogen and oxygen atoms in total. The van der Waals surface area contributed by atoms with Gasteiger partial charge in [-0.3, -0.25) is 4.72 Å². The van der Waals surface area contributed by atoms with Gasteiger partial charge in [-0.1, -0.05) is 37.6 Å². The first-order valence-corrected chi connectivity index (χ1v) is 11.4. The topological polar surface area (TPSA) is 106 Å². The van der Waals surface area contributed by atoms with E-state index in [9.17, 15) is 13.2 Å². The minimum absolute atomic E-state index is 0.107. The van der Waals surface area contributed by atoms with Gasteiger partial charge in [0, 0.05) is 10.6 Å². The Bertz CT molecular complexity index is 1170. The molecule has 2 aromatic carbocycles. The maximum absolute atomic E-state index is 12.9. The van der Waals surface area contributed by atoms with Crippen LogP contribution >= 0.6 is 11.6 Å². The third kappa shape index (κ3) is 5.80. The number of carboxylic acid groups (broad SMARTS) is 1. The monoisotopic (exact) mass is 463 g/mol. The summed E-state index contributed by atoms with van der Waals surface area (Å²) in [5.74, 6) is -0.493. The number of rotatable bonds is 9. The van der Waals surface area contributed by atoms with Gasteiger partial charge in [-0.15, -0.1) is 0 Å². The molecular formula is C22H22ClNO6S. The van der Waals surface area contributed by atoms with E-state index in [-0.39, 0.29) is 34.6 Å². The van der Waals surface area contributed by atoms with Crippen molar-refractivity contribution in [3.05, 3.63) is 76.5 Å². The normalized spacial score (nSPS) is 11.5. The molecule has 31 heavy (non-hydrogen) atoms. The largest absolute Gasteiger partial charge is 0.487 e. The summed E-state index contributed by atoms with van der Waals surface area (Å²) in [6.07, 6.45) is 1.90. The molecule has 1 heterocycles. The summed E-state index contributed by atoms with van der Waals surface area (Å²) in [4.78, 5) is 11.0. The predicted octanol–water partition coefficient (Wildman–Crippen LogP) is 5.21. The zero-order valence-corrected chi connectivity index (χ0v) is 18.5. The Hall–Kier alpha value is -2.97. The summed E-state index contributed by atoms with van der Waals surface area (Å²) in [5.41, 5.74) is 1.64. The lowest BCUT2D eigenvalue weighted by molar-refractivity contribution is 0.0697. The highest BCUT2D eigenvalue weighted by Crippen LogP contribution is 2.32. The molecule has 0 fully saturated rings. The van der Waals surface area contributed by atoms with Crippen molar-refractivity contribution in [1.29, 1.82) is 0 Å². The van der Waals surface area contributed by atoms with E-state index in [0.29, 0.717) is 17.0 Å². The molecule has 3 rings (SSSR count). The number of sulfonamides is 1. The summed E-state index contributed by atoms with van der Waals surface area (Å²) in [5, 5.41) is 9.17. The summed E-state index contributed by atoms with van der Waals surface area (Å²) in [6.45, 7) is 4.08. The molecule has 0 unspecified atom stereocenters. The van der Waals surface area contributed by atoms with E-state index < -0.39 is 16.0 Å². The molecule has 0 bridgehead atoms. The van der Waals surface area contributed by atoms with Crippen LogP contribution in [0.15, 0.2) is 64.3 Å². The van der Waals surface area contributed by atoms with Crippen molar-refractivity contribution in [3.63, 3.8) is 0 Å². The third-order valence-electron chi connectivity index (χ3n) is 4.36. The van der Waals surface area contributed by atoms with Crippen molar-refractivity contribution in [2.75, 3.05) is 4.72 Å². The van der Waals surface area contributed by atoms with Crippen LogP contribution in [-0.4, -0.2) is 19.5 Å². The van der Waals surface area contributed by atoms with Gasteiger partial charge in [0.05, 0.1) is 17.5 Å². The van der Waals surface area contributed by atoms with Crippen LogP contribution in [0.4, 0.5) is 5.69 Å². The molecule has 2 N–H and O–H groups in total. The quantitative estimate of drug-likeness (QED) is 0.451. The van der Waals surface area contributed by atoms with Gasteiger partial charge in [0.25, 0.3) is 10.0 Å². The lowest BCUT2D eigenvalue weighted by Crippen LogP contribution is -2.15. The second kappa shape index (κ2) is 9.45. The fourth-order valence-electron chi connectivity index (χ4n) is 2.95. The molecule has 0 spiro atoms. The average Bonchev–Trinajstić information content (AvgIpc) is 3.16. The SMILES string of the molecule is CC(C)Cc1ccoc1S(=O)(=O)Nc1cc(Cl)ccc1OCc1ccc(C(=O)O)cc1. The summed E-state index contributed by atoms with van der Waals surface area (Å²) < 4.78 is 39.4. The van der Waals surface area contributed by atoms with Crippen molar-refractivity contribution < 1.29 is 27.5 Å². The maximum atomic E-state index is 12.9. The van der Waals surface area contributed by atoms with E-state index in [1.54, 1.807) is 30.3 Å². The van der Waals surface area contributed by atoms with Crippen LogP contribution in [0, 0.1) is 5.92 Å². The zero-order valence-electron chi connectivity index (χ0n) is 17.0. The molecule has 0 amide bonds. The Morgan fingerprint density at radius 2 is 1.87 bits per heavy atom. The Morgan fingerprint density at radius 3 is 2.52 bits per heavy atom. The fraction of sp³-hybridized carbons (Fsp3) is 0.227. The number of anilines is 1. The van der Waals surface area contributed by atoms with Crippen LogP contribution in [-0.2, 0) is 23.1 Å². The Kier molecular flexibility index (Phi) is 6.92. The van der Waals surface area contributed by atoms with Gasteiger partial charge >= 0.3 is 5.97 Å². The minimum atomic E-state index is -4.00. The molecule has 0 saturated heterocycles. The molecule has 3 aromatic rings.